The first-order chi connectivity index (χ1) is 12.2. The standard InChI is InChI=1S/C21H21N3O.BrH/c1-17-8-13-24(14-9-17)15-10-21(25)23-20-4-2-18(3-5-20)16-19-6-11-22-12-7-19;/h2-9,11-14H,10,15-16H2,1H3;1H. The largest absolute Gasteiger partial charge is 1.00 e. The normalized spacial score (nSPS) is 10.0. The Morgan fingerprint density at radius 3 is 2.23 bits per heavy atom. The van der Waals surface area contributed by atoms with Crippen LogP contribution in [0.5, 0.6) is 0 Å². The fourth-order valence-electron chi connectivity index (χ4n) is 2.58. The third kappa shape index (κ3) is 6.08. The Bertz CT molecular complexity index is 818. The summed E-state index contributed by atoms with van der Waals surface area (Å²) in [7, 11) is 0. The van der Waals surface area contributed by atoms with Crippen molar-refractivity contribution in [1.82, 2.24) is 4.98 Å². The molecule has 1 amide bonds. The molecule has 4 nitrogen and oxygen atoms in total. The van der Waals surface area contributed by atoms with E-state index in [0.29, 0.717) is 13.0 Å². The summed E-state index contributed by atoms with van der Waals surface area (Å²) >= 11 is 0. The SMILES string of the molecule is Cc1cc[n+](CCC(=O)Nc2ccc(Cc3ccncc3)cc2)cc1.[Br-]. The number of aromatic nitrogens is 2. The van der Waals surface area contributed by atoms with Crippen molar-refractivity contribution < 1.29 is 26.3 Å². The molecule has 0 aliphatic rings. The van der Waals surface area contributed by atoms with Crippen molar-refractivity contribution in [3.05, 3.63) is 90.0 Å². The first kappa shape index (κ1) is 19.8. The van der Waals surface area contributed by atoms with Gasteiger partial charge in [-0.1, -0.05) is 12.1 Å². The summed E-state index contributed by atoms with van der Waals surface area (Å²) < 4.78 is 2.02. The zero-order valence-electron chi connectivity index (χ0n) is 14.7. The summed E-state index contributed by atoms with van der Waals surface area (Å²) in [5.41, 5.74) is 4.48. The van der Waals surface area contributed by atoms with E-state index in [0.717, 1.165) is 12.1 Å². The van der Waals surface area contributed by atoms with Crippen LogP contribution in [0.4, 0.5) is 5.69 Å². The molecule has 0 saturated heterocycles. The van der Waals surface area contributed by atoms with Gasteiger partial charge in [-0.25, -0.2) is 4.57 Å². The van der Waals surface area contributed by atoms with Crippen LogP contribution in [0.15, 0.2) is 73.3 Å². The minimum absolute atomic E-state index is 0. The maximum absolute atomic E-state index is 12.1. The highest BCUT2D eigenvalue weighted by atomic mass is 79.9. The van der Waals surface area contributed by atoms with Crippen LogP contribution >= 0.6 is 0 Å². The number of carbonyl (C=O) groups excluding carboxylic acids is 1. The van der Waals surface area contributed by atoms with Gasteiger partial charge >= 0.3 is 0 Å². The molecule has 2 aromatic heterocycles. The molecule has 1 N–H and O–H groups in total. The number of hydrogen-bond donors (Lipinski definition) is 1. The number of anilines is 1. The minimum Gasteiger partial charge on any atom is -1.00 e. The van der Waals surface area contributed by atoms with Gasteiger partial charge in [0, 0.05) is 30.2 Å². The highest BCUT2D eigenvalue weighted by molar-refractivity contribution is 5.90. The Labute approximate surface area is 164 Å². The molecule has 26 heavy (non-hydrogen) atoms. The van der Waals surface area contributed by atoms with Crippen LogP contribution in [0, 0.1) is 6.92 Å². The van der Waals surface area contributed by atoms with E-state index in [9.17, 15) is 4.79 Å². The molecular formula is C21H22BrN3O. The first-order valence-corrected chi connectivity index (χ1v) is 8.42. The fourth-order valence-corrected chi connectivity index (χ4v) is 2.58. The fraction of sp³-hybridized carbons (Fsp3) is 0.190. The monoisotopic (exact) mass is 411 g/mol. The molecule has 0 atom stereocenters. The Balaban J connectivity index is 0.00000243. The van der Waals surface area contributed by atoms with E-state index in [1.807, 2.05) is 65.5 Å². The number of nitrogens with one attached hydrogen (secondary N) is 1. The molecule has 0 aliphatic heterocycles. The van der Waals surface area contributed by atoms with Crippen LogP contribution in [0.25, 0.3) is 0 Å². The molecule has 0 spiro atoms. The Kier molecular flexibility index (Phi) is 7.48. The van der Waals surface area contributed by atoms with Gasteiger partial charge in [0.25, 0.3) is 0 Å². The van der Waals surface area contributed by atoms with E-state index in [2.05, 4.69) is 17.2 Å². The molecule has 1 aromatic carbocycles. The zero-order chi connectivity index (χ0) is 17.5. The van der Waals surface area contributed by atoms with E-state index in [4.69, 9.17) is 0 Å². The van der Waals surface area contributed by atoms with E-state index in [1.54, 1.807) is 12.4 Å². The highest BCUT2D eigenvalue weighted by Gasteiger charge is 2.07. The number of rotatable bonds is 6. The number of benzene rings is 1. The van der Waals surface area contributed by atoms with Crippen LogP contribution in [0.3, 0.4) is 0 Å². The third-order valence-electron chi connectivity index (χ3n) is 4.05. The Morgan fingerprint density at radius 1 is 0.962 bits per heavy atom. The predicted molar refractivity (Wildman–Crippen MR) is 98.1 cm³/mol. The maximum Gasteiger partial charge on any atom is 0.230 e. The first-order valence-electron chi connectivity index (χ1n) is 8.42. The Hall–Kier alpha value is -2.53. The second kappa shape index (κ2) is 9.82. The number of halogens is 1. The van der Waals surface area contributed by atoms with Crippen molar-refractivity contribution in [2.45, 2.75) is 26.3 Å². The van der Waals surface area contributed by atoms with Gasteiger partial charge in [-0.3, -0.25) is 9.78 Å². The van der Waals surface area contributed by atoms with Crippen molar-refractivity contribution in [3.8, 4) is 0 Å². The average molecular weight is 412 g/mol. The van der Waals surface area contributed by atoms with E-state index in [-0.39, 0.29) is 22.9 Å². The van der Waals surface area contributed by atoms with E-state index >= 15 is 0 Å². The lowest BCUT2D eigenvalue weighted by molar-refractivity contribution is -0.695. The van der Waals surface area contributed by atoms with Gasteiger partial charge in [0.2, 0.25) is 5.91 Å². The third-order valence-corrected chi connectivity index (χ3v) is 4.05. The van der Waals surface area contributed by atoms with Gasteiger partial charge in [0.1, 0.15) is 0 Å². The number of carbonyl (C=O) groups is 1. The van der Waals surface area contributed by atoms with Gasteiger partial charge in [-0.15, -0.1) is 0 Å². The molecule has 0 radical (unpaired) electrons. The van der Waals surface area contributed by atoms with Gasteiger partial charge in [0.05, 0.1) is 6.42 Å². The number of hydrogen-bond acceptors (Lipinski definition) is 2. The summed E-state index contributed by atoms with van der Waals surface area (Å²) in [6, 6.07) is 16.1. The molecule has 2 heterocycles. The van der Waals surface area contributed by atoms with Gasteiger partial charge < -0.3 is 22.3 Å². The lowest BCUT2D eigenvalue weighted by Gasteiger charge is -2.06. The highest BCUT2D eigenvalue weighted by Crippen LogP contribution is 2.13. The summed E-state index contributed by atoms with van der Waals surface area (Å²) in [4.78, 5) is 16.1. The number of nitrogens with zero attached hydrogens (tertiary/aromatic N) is 2. The number of amides is 1. The predicted octanol–water partition coefficient (Wildman–Crippen LogP) is 0.301. The van der Waals surface area contributed by atoms with Crippen LogP contribution in [-0.4, -0.2) is 10.9 Å². The molecule has 134 valence electrons. The van der Waals surface area contributed by atoms with Crippen LogP contribution in [0.1, 0.15) is 23.1 Å². The molecular weight excluding hydrogens is 390 g/mol. The smallest absolute Gasteiger partial charge is 0.230 e. The topological polar surface area (TPSA) is 45.9 Å². The molecule has 0 unspecified atom stereocenters. The summed E-state index contributed by atoms with van der Waals surface area (Å²) in [5, 5.41) is 2.95. The lowest BCUT2D eigenvalue weighted by atomic mass is 10.1. The molecule has 0 saturated carbocycles. The molecule has 0 bridgehead atoms. The van der Waals surface area contributed by atoms with Crippen molar-refractivity contribution in [3.63, 3.8) is 0 Å². The van der Waals surface area contributed by atoms with Crippen molar-refractivity contribution in [2.24, 2.45) is 0 Å². The molecule has 0 fully saturated rings. The van der Waals surface area contributed by atoms with Crippen LogP contribution in [-0.2, 0) is 17.8 Å². The second-order valence-electron chi connectivity index (χ2n) is 6.14. The summed E-state index contributed by atoms with van der Waals surface area (Å²) in [5.74, 6) is 0.0231. The Morgan fingerprint density at radius 2 is 1.58 bits per heavy atom. The number of pyridine rings is 2. The lowest BCUT2D eigenvalue weighted by Crippen LogP contribution is -3.00. The van der Waals surface area contributed by atoms with Crippen molar-refractivity contribution in [1.29, 1.82) is 0 Å². The van der Waals surface area contributed by atoms with Gasteiger partial charge in [0.15, 0.2) is 18.9 Å². The minimum atomic E-state index is 0. The molecule has 5 heteroatoms. The van der Waals surface area contributed by atoms with Crippen molar-refractivity contribution >= 4 is 11.6 Å². The maximum atomic E-state index is 12.1. The second-order valence-corrected chi connectivity index (χ2v) is 6.14. The molecule has 3 aromatic rings. The molecule has 0 aliphatic carbocycles. The summed E-state index contributed by atoms with van der Waals surface area (Å²) in [6.45, 7) is 2.72. The average Bonchev–Trinajstić information content (AvgIpc) is 2.64. The quantitative estimate of drug-likeness (QED) is 0.593. The molecule has 3 rings (SSSR count). The van der Waals surface area contributed by atoms with Gasteiger partial charge in [-0.05, 0) is 54.3 Å². The van der Waals surface area contributed by atoms with Gasteiger partial charge in [-0.2, -0.15) is 0 Å². The number of aryl methyl sites for hydroxylation is 2. The zero-order valence-corrected chi connectivity index (χ0v) is 16.3. The summed E-state index contributed by atoms with van der Waals surface area (Å²) in [6.07, 6.45) is 8.91. The van der Waals surface area contributed by atoms with Crippen molar-refractivity contribution in [2.75, 3.05) is 5.32 Å². The van der Waals surface area contributed by atoms with E-state index in [1.165, 1.54) is 16.7 Å². The van der Waals surface area contributed by atoms with Crippen LogP contribution in [0.2, 0.25) is 0 Å². The van der Waals surface area contributed by atoms with E-state index < -0.39 is 0 Å². The van der Waals surface area contributed by atoms with Crippen LogP contribution < -0.4 is 26.9 Å².